The van der Waals surface area contributed by atoms with Crippen molar-refractivity contribution in [3.8, 4) is 0 Å². The van der Waals surface area contributed by atoms with Crippen LogP contribution in [0.25, 0.3) is 10.9 Å². The molecule has 28 heavy (non-hydrogen) atoms. The zero-order valence-electron chi connectivity index (χ0n) is 16.7. The van der Waals surface area contributed by atoms with Gasteiger partial charge >= 0.3 is 0 Å². The molecule has 2 heterocycles. The average molecular weight is 448 g/mol. The fourth-order valence-electron chi connectivity index (χ4n) is 4.62. The molecule has 1 aliphatic carbocycles. The number of nitrogens with one attached hydrogen (secondary N) is 1. The van der Waals surface area contributed by atoms with Crippen LogP contribution in [-0.4, -0.2) is 54.3 Å². The number of rotatable bonds is 6. The van der Waals surface area contributed by atoms with E-state index in [1.807, 2.05) is 0 Å². The Balaban J connectivity index is 1.55. The summed E-state index contributed by atoms with van der Waals surface area (Å²) in [5.74, 6) is 0.134. The summed E-state index contributed by atoms with van der Waals surface area (Å²) >= 11 is 3.62. The lowest BCUT2D eigenvalue weighted by molar-refractivity contribution is -0.122. The van der Waals surface area contributed by atoms with Crippen LogP contribution in [0.2, 0.25) is 0 Å². The molecule has 2 fully saturated rings. The number of aromatic nitrogens is 1. The number of amides is 1. The second-order valence-corrected chi connectivity index (χ2v) is 8.98. The average Bonchev–Trinajstić information content (AvgIpc) is 3.28. The number of hydrogen-bond acceptors (Lipinski definition) is 3. The predicted octanol–water partition coefficient (Wildman–Crippen LogP) is 3.65. The molecule has 1 saturated heterocycles. The van der Waals surface area contributed by atoms with E-state index in [0.29, 0.717) is 12.6 Å². The maximum Gasteiger partial charge on any atom is 0.240 e. The highest BCUT2D eigenvalue weighted by molar-refractivity contribution is 9.10. The van der Waals surface area contributed by atoms with Crippen LogP contribution < -0.4 is 5.32 Å². The van der Waals surface area contributed by atoms with Gasteiger partial charge in [0.05, 0.1) is 13.2 Å². The van der Waals surface area contributed by atoms with E-state index in [9.17, 15) is 4.79 Å². The third-order valence-corrected chi connectivity index (χ3v) is 6.71. The number of carbonyl (C=O) groups excluding carboxylic acids is 1. The van der Waals surface area contributed by atoms with Gasteiger partial charge in [0.15, 0.2) is 0 Å². The van der Waals surface area contributed by atoms with Crippen LogP contribution in [0.5, 0.6) is 0 Å². The van der Waals surface area contributed by atoms with E-state index >= 15 is 0 Å². The van der Waals surface area contributed by atoms with Gasteiger partial charge in [-0.05, 0) is 49.9 Å². The van der Waals surface area contributed by atoms with Crippen molar-refractivity contribution in [3.05, 3.63) is 33.9 Å². The standard InChI is InChI=1S/C22H30BrN3O2/c1-16-19(8-9-25-10-12-28-13-11-25)20-14-17(23)6-7-21(20)26(16)15-22(27)24-18-4-2-3-5-18/h6-7,14,18H,2-5,8-13,15H2,1H3,(H,24,27). The van der Waals surface area contributed by atoms with Gasteiger partial charge in [0, 0.05) is 46.7 Å². The summed E-state index contributed by atoms with van der Waals surface area (Å²) in [6.07, 6.45) is 5.70. The van der Waals surface area contributed by atoms with Crippen LogP contribution >= 0.6 is 15.9 Å². The zero-order valence-corrected chi connectivity index (χ0v) is 18.3. The molecule has 1 aromatic heterocycles. The van der Waals surface area contributed by atoms with E-state index in [1.165, 1.54) is 29.5 Å². The third-order valence-electron chi connectivity index (χ3n) is 6.22. The van der Waals surface area contributed by atoms with Crippen molar-refractivity contribution < 1.29 is 9.53 Å². The second-order valence-electron chi connectivity index (χ2n) is 8.06. The molecule has 6 heteroatoms. The number of carbonyl (C=O) groups is 1. The van der Waals surface area contributed by atoms with Crippen molar-refractivity contribution in [1.82, 2.24) is 14.8 Å². The van der Waals surface area contributed by atoms with Gasteiger partial charge in [-0.1, -0.05) is 28.8 Å². The Morgan fingerprint density at radius 3 is 2.75 bits per heavy atom. The molecule has 1 N–H and O–H groups in total. The van der Waals surface area contributed by atoms with Crippen molar-refractivity contribution in [1.29, 1.82) is 0 Å². The Bertz CT molecular complexity index is 836. The largest absolute Gasteiger partial charge is 0.379 e. The topological polar surface area (TPSA) is 46.5 Å². The van der Waals surface area contributed by atoms with Gasteiger partial charge in [0.25, 0.3) is 0 Å². The van der Waals surface area contributed by atoms with Gasteiger partial charge in [-0.25, -0.2) is 0 Å². The Hall–Kier alpha value is -1.37. The molecular weight excluding hydrogens is 418 g/mol. The summed E-state index contributed by atoms with van der Waals surface area (Å²) in [5, 5.41) is 4.49. The third kappa shape index (κ3) is 4.44. The molecule has 0 spiro atoms. The number of ether oxygens (including phenoxy) is 1. The summed E-state index contributed by atoms with van der Waals surface area (Å²) in [6, 6.07) is 6.76. The maximum absolute atomic E-state index is 12.7. The molecule has 0 radical (unpaired) electrons. The minimum Gasteiger partial charge on any atom is -0.379 e. The molecule has 1 aliphatic heterocycles. The highest BCUT2D eigenvalue weighted by Crippen LogP contribution is 2.29. The highest BCUT2D eigenvalue weighted by atomic mass is 79.9. The lowest BCUT2D eigenvalue weighted by atomic mass is 10.1. The number of fused-ring (bicyclic) bond motifs is 1. The summed E-state index contributed by atoms with van der Waals surface area (Å²) in [4.78, 5) is 15.2. The van der Waals surface area contributed by atoms with E-state index in [4.69, 9.17) is 4.74 Å². The second kappa shape index (κ2) is 8.97. The molecule has 2 aliphatic rings. The first-order valence-electron chi connectivity index (χ1n) is 10.5. The number of benzene rings is 1. The van der Waals surface area contributed by atoms with Gasteiger partial charge in [0.1, 0.15) is 6.54 Å². The number of halogens is 1. The van der Waals surface area contributed by atoms with Crippen molar-refractivity contribution in [2.24, 2.45) is 0 Å². The number of nitrogens with zero attached hydrogens (tertiary/aromatic N) is 2. The molecule has 0 bridgehead atoms. The Morgan fingerprint density at radius 2 is 2.00 bits per heavy atom. The van der Waals surface area contributed by atoms with Gasteiger partial charge in [-0.15, -0.1) is 0 Å². The van der Waals surface area contributed by atoms with E-state index in [2.05, 4.69) is 55.8 Å². The van der Waals surface area contributed by atoms with Crippen LogP contribution in [0, 0.1) is 6.92 Å². The lowest BCUT2D eigenvalue weighted by Crippen LogP contribution is -2.37. The Kier molecular flexibility index (Phi) is 6.38. The van der Waals surface area contributed by atoms with Gasteiger partial charge in [-0.3, -0.25) is 9.69 Å². The number of hydrogen-bond donors (Lipinski definition) is 1. The van der Waals surface area contributed by atoms with Crippen molar-refractivity contribution >= 4 is 32.7 Å². The van der Waals surface area contributed by atoms with E-state index < -0.39 is 0 Å². The Labute approximate surface area is 175 Å². The molecule has 5 nitrogen and oxygen atoms in total. The van der Waals surface area contributed by atoms with E-state index in [-0.39, 0.29) is 5.91 Å². The van der Waals surface area contributed by atoms with Crippen LogP contribution in [0.4, 0.5) is 0 Å². The molecule has 1 amide bonds. The van der Waals surface area contributed by atoms with Crippen LogP contribution in [-0.2, 0) is 22.5 Å². The highest BCUT2D eigenvalue weighted by Gasteiger charge is 2.21. The first kappa shape index (κ1) is 19.9. The van der Waals surface area contributed by atoms with E-state index in [1.54, 1.807) is 0 Å². The first-order valence-corrected chi connectivity index (χ1v) is 11.3. The Morgan fingerprint density at radius 1 is 1.25 bits per heavy atom. The minimum atomic E-state index is 0.134. The molecule has 1 aromatic carbocycles. The molecule has 4 rings (SSSR count). The van der Waals surface area contributed by atoms with Crippen molar-refractivity contribution in [3.63, 3.8) is 0 Å². The summed E-state index contributed by atoms with van der Waals surface area (Å²) in [6.45, 7) is 7.26. The quantitative estimate of drug-likeness (QED) is 0.734. The summed E-state index contributed by atoms with van der Waals surface area (Å²) in [5.41, 5.74) is 3.72. The molecule has 2 aromatic rings. The summed E-state index contributed by atoms with van der Waals surface area (Å²) < 4.78 is 8.75. The van der Waals surface area contributed by atoms with Crippen molar-refractivity contribution in [2.45, 2.75) is 51.6 Å². The lowest BCUT2D eigenvalue weighted by Gasteiger charge is -2.26. The fraction of sp³-hybridized carbons (Fsp3) is 0.591. The molecular formula is C22H30BrN3O2. The van der Waals surface area contributed by atoms with Gasteiger partial charge in [-0.2, -0.15) is 0 Å². The monoisotopic (exact) mass is 447 g/mol. The fourth-order valence-corrected chi connectivity index (χ4v) is 4.99. The minimum absolute atomic E-state index is 0.134. The molecule has 0 atom stereocenters. The van der Waals surface area contributed by atoms with Gasteiger partial charge in [0.2, 0.25) is 5.91 Å². The summed E-state index contributed by atoms with van der Waals surface area (Å²) in [7, 11) is 0. The normalized spacial score (nSPS) is 18.8. The predicted molar refractivity (Wildman–Crippen MR) is 116 cm³/mol. The zero-order chi connectivity index (χ0) is 19.5. The molecule has 0 unspecified atom stereocenters. The molecule has 1 saturated carbocycles. The first-order chi connectivity index (χ1) is 13.6. The van der Waals surface area contributed by atoms with Crippen LogP contribution in [0.1, 0.15) is 36.9 Å². The van der Waals surface area contributed by atoms with Crippen molar-refractivity contribution in [2.75, 3.05) is 32.8 Å². The van der Waals surface area contributed by atoms with E-state index in [0.717, 1.165) is 62.1 Å². The van der Waals surface area contributed by atoms with Crippen LogP contribution in [0.15, 0.2) is 22.7 Å². The SMILES string of the molecule is Cc1c(CCN2CCOCC2)c2cc(Br)ccc2n1CC(=O)NC1CCCC1. The number of morpholine rings is 1. The van der Waals surface area contributed by atoms with Crippen LogP contribution in [0.3, 0.4) is 0 Å². The molecule has 152 valence electrons. The smallest absolute Gasteiger partial charge is 0.240 e. The van der Waals surface area contributed by atoms with Gasteiger partial charge < -0.3 is 14.6 Å². The maximum atomic E-state index is 12.7.